The van der Waals surface area contributed by atoms with E-state index in [9.17, 15) is 4.79 Å². The number of carbonyl (C=O) groups excluding carboxylic acids is 1. The number of hydrogen-bond donors (Lipinski definition) is 0. The van der Waals surface area contributed by atoms with Crippen molar-refractivity contribution in [2.75, 3.05) is 6.54 Å². The van der Waals surface area contributed by atoms with Gasteiger partial charge in [-0.05, 0) is 62.1 Å². The summed E-state index contributed by atoms with van der Waals surface area (Å²) in [6, 6.07) is 8.71. The second-order valence-corrected chi connectivity index (χ2v) is 8.78. The Morgan fingerprint density at radius 2 is 1.91 bits per heavy atom. The highest BCUT2D eigenvalue weighted by Crippen LogP contribution is 2.35. The normalized spacial score (nSPS) is 15.9. The van der Waals surface area contributed by atoms with Crippen LogP contribution in [0.1, 0.15) is 46.2 Å². The van der Waals surface area contributed by atoms with Gasteiger partial charge in [0.05, 0.1) is 29.7 Å². The zero-order valence-corrected chi connectivity index (χ0v) is 19.5. The lowest BCUT2D eigenvalue weighted by Crippen LogP contribution is -2.32. The molecule has 1 atom stereocenters. The second-order valence-electron chi connectivity index (χ2n) is 7.96. The van der Waals surface area contributed by atoms with Crippen LogP contribution in [0.5, 0.6) is 0 Å². The van der Waals surface area contributed by atoms with E-state index in [2.05, 4.69) is 20.3 Å². The summed E-state index contributed by atoms with van der Waals surface area (Å²) in [5, 5.41) is 13.7. The van der Waals surface area contributed by atoms with Gasteiger partial charge in [-0.2, -0.15) is 20.0 Å². The molecule has 8 nitrogen and oxygen atoms in total. The topological polar surface area (TPSA) is 89.9 Å². The average molecular weight is 483 g/mol. The standard InChI is InChI=1S/C23H20Cl2N6O2/c1-13-11-20(31-26-8-9-27-31)16(12-18(13)25)23(32)30-10-4-7-19(30)21-28-22(33-29-21)15-5-3-6-17(24)14(15)2/h3,5-6,8-9,11-12,19H,4,7,10H2,1-2H3. The van der Waals surface area contributed by atoms with Crippen molar-refractivity contribution in [3.63, 3.8) is 0 Å². The number of rotatable bonds is 4. The molecule has 1 saturated heterocycles. The molecule has 0 spiro atoms. The van der Waals surface area contributed by atoms with Gasteiger partial charge in [-0.3, -0.25) is 4.79 Å². The number of halogens is 2. The highest BCUT2D eigenvalue weighted by molar-refractivity contribution is 6.32. The zero-order valence-electron chi connectivity index (χ0n) is 18.0. The summed E-state index contributed by atoms with van der Waals surface area (Å²) >= 11 is 12.6. The van der Waals surface area contributed by atoms with Gasteiger partial charge in [-0.25, -0.2) is 0 Å². The Labute approximate surface area is 200 Å². The van der Waals surface area contributed by atoms with Gasteiger partial charge >= 0.3 is 0 Å². The van der Waals surface area contributed by atoms with Crippen molar-refractivity contribution in [3.05, 3.63) is 75.3 Å². The number of amides is 1. The van der Waals surface area contributed by atoms with Gasteiger partial charge in [0.2, 0.25) is 0 Å². The van der Waals surface area contributed by atoms with Crippen molar-refractivity contribution >= 4 is 29.1 Å². The highest BCUT2D eigenvalue weighted by Gasteiger charge is 2.35. The average Bonchev–Trinajstić information content (AvgIpc) is 3.58. The van der Waals surface area contributed by atoms with Crippen molar-refractivity contribution in [1.82, 2.24) is 30.0 Å². The molecule has 2 aromatic heterocycles. The molecule has 33 heavy (non-hydrogen) atoms. The predicted molar refractivity (Wildman–Crippen MR) is 124 cm³/mol. The molecule has 0 bridgehead atoms. The summed E-state index contributed by atoms with van der Waals surface area (Å²) in [5.74, 6) is 0.660. The second kappa shape index (κ2) is 8.61. The summed E-state index contributed by atoms with van der Waals surface area (Å²) < 4.78 is 5.55. The molecule has 0 aliphatic carbocycles. The SMILES string of the molecule is Cc1cc(-n2nccn2)c(C(=O)N2CCCC2c2noc(-c3cccc(Cl)c3C)n2)cc1Cl. The molecule has 3 heterocycles. The van der Waals surface area contributed by atoms with Gasteiger partial charge < -0.3 is 9.42 Å². The molecule has 4 aromatic rings. The fraction of sp³-hybridized carbons (Fsp3) is 0.261. The maximum absolute atomic E-state index is 13.7. The van der Waals surface area contributed by atoms with E-state index in [1.54, 1.807) is 23.4 Å². The molecule has 10 heteroatoms. The van der Waals surface area contributed by atoms with E-state index >= 15 is 0 Å². The van der Waals surface area contributed by atoms with Gasteiger partial charge in [0, 0.05) is 22.2 Å². The fourth-order valence-electron chi connectivity index (χ4n) is 4.09. The lowest BCUT2D eigenvalue weighted by molar-refractivity contribution is 0.0728. The molecule has 1 fully saturated rings. The quantitative estimate of drug-likeness (QED) is 0.396. The summed E-state index contributed by atoms with van der Waals surface area (Å²) in [7, 11) is 0. The third-order valence-corrected chi connectivity index (χ3v) is 6.71. The number of aromatic nitrogens is 5. The molecule has 168 valence electrons. The molecule has 1 unspecified atom stereocenters. The molecule has 2 aromatic carbocycles. The van der Waals surface area contributed by atoms with Crippen LogP contribution in [0.15, 0.2) is 47.2 Å². The summed E-state index contributed by atoms with van der Waals surface area (Å²) in [4.78, 5) is 21.5. The largest absolute Gasteiger partial charge is 0.334 e. The maximum atomic E-state index is 13.7. The van der Waals surface area contributed by atoms with Crippen LogP contribution in [-0.2, 0) is 0 Å². The van der Waals surface area contributed by atoms with Crippen LogP contribution in [0.2, 0.25) is 10.0 Å². The van der Waals surface area contributed by atoms with Crippen LogP contribution in [0.4, 0.5) is 0 Å². The number of aryl methyl sites for hydroxylation is 1. The third kappa shape index (κ3) is 3.89. The van der Waals surface area contributed by atoms with Gasteiger partial charge in [0.25, 0.3) is 11.8 Å². The molecular weight excluding hydrogens is 463 g/mol. The molecule has 0 N–H and O–H groups in total. The van der Waals surface area contributed by atoms with E-state index in [-0.39, 0.29) is 11.9 Å². The Bertz CT molecular complexity index is 1330. The minimum absolute atomic E-state index is 0.183. The summed E-state index contributed by atoms with van der Waals surface area (Å²) in [6.07, 6.45) is 4.69. The first kappa shape index (κ1) is 21.6. The molecule has 5 rings (SSSR count). The lowest BCUT2D eigenvalue weighted by Gasteiger charge is -2.23. The van der Waals surface area contributed by atoms with Crippen LogP contribution in [0.25, 0.3) is 17.1 Å². The van der Waals surface area contributed by atoms with Gasteiger partial charge in [0.1, 0.15) is 0 Å². The van der Waals surface area contributed by atoms with Crippen LogP contribution in [0.3, 0.4) is 0 Å². The first-order chi connectivity index (χ1) is 15.9. The zero-order chi connectivity index (χ0) is 23.1. The monoisotopic (exact) mass is 482 g/mol. The van der Waals surface area contributed by atoms with Crippen molar-refractivity contribution in [2.45, 2.75) is 32.7 Å². The lowest BCUT2D eigenvalue weighted by atomic mass is 10.1. The first-order valence-corrected chi connectivity index (χ1v) is 11.3. The van der Waals surface area contributed by atoms with Crippen molar-refractivity contribution < 1.29 is 9.32 Å². The number of likely N-dealkylation sites (tertiary alicyclic amines) is 1. The van der Waals surface area contributed by atoms with E-state index < -0.39 is 0 Å². The van der Waals surface area contributed by atoms with E-state index in [0.29, 0.717) is 39.6 Å². The van der Waals surface area contributed by atoms with E-state index in [1.807, 2.05) is 38.1 Å². The van der Waals surface area contributed by atoms with Crippen LogP contribution in [0, 0.1) is 13.8 Å². The molecular formula is C23H20Cl2N6O2. The minimum Gasteiger partial charge on any atom is -0.334 e. The number of nitrogens with zero attached hydrogens (tertiary/aromatic N) is 6. The molecule has 0 saturated carbocycles. The Balaban J connectivity index is 1.49. The van der Waals surface area contributed by atoms with Gasteiger partial charge in [-0.1, -0.05) is 34.4 Å². The van der Waals surface area contributed by atoms with Gasteiger partial charge in [0.15, 0.2) is 5.82 Å². The molecule has 1 aliphatic rings. The molecule has 0 radical (unpaired) electrons. The van der Waals surface area contributed by atoms with Gasteiger partial charge in [-0.15, -0.1) is 0 Å². The Kier molecular flexibility index (Phi) is 5.64. The van der Waals surface area contributed by atoms with Crippen molar-refractivity contribution in [3.8, 4) is 17.1 Å². The van der Waals surface area contributed by atoms with E-state index in [1.165, 1.54) is 4.80 Å². The fourth-order valence-corrected chi connectivity index (χ4v) is 4.43. The summed E-state index contributed by atoms with van der Waals surface area (Å²) in [5.41, 5.74) is 3.45. The number of carbonyl (C=O) groups is 1. The minimum atomic E-state index is -0.312. The first-order valence-electron chi connectivity index (χ1n) is 10.5. The Hall–Kier alpha value is -3.23. The van der Waals surface area contributed by atoms with Crippen LogP contribution < -0.4 is 0 Å². The Morgan fingerprint density at radius 1 is 1.12 bits per heavy atom. The van der Waals surface area contributed by atoms with Crippen LogP contribution >= 0.6 is 23.2 Å². The van der Waals surface area contributed by atoms with Crippen molar-refractivity contribution in [2.24, 2.45) is 0 Å². The van der Waals surface area contributed by atoms with Crippen LogP contribution in [-0.4, -0.2) is 42.5 Å². The van der Waals surface area contributed by atoms with E-state index in [0.717, 1.165) is 29.5 Å². The highest BCUT2D eigenvalue weighted by atomic mass is 35.5. The third-order valence-electron chi connectivity index (χ3n) is 5.89. The molecule has 1 amide bonds. The smallest absolute Gasteiger partial charge is 0.258 e. The maximum Gasteiger partial charge on any atom is 0.258 e. The summed E-state index contributed by atoms with van der Waals surface area (Å²) in [6.45, 7) is 4.35. The number of benzene rings is 2. The van der Waals surface area contributed by atoms with E-state index in [4.69, 9.17) is 27.7 Å². The predicted octanol–water partition coefficient (Wildman–Crippen LogP) is 5.22. The Morgan fingerprint density at radius 3 is 2.70 bits per heavy atom. The van der Waals surface area contributed by atoms with Crippen molar-refractivity contribution in [1.29, 1.82) is 0 Å². The molecule has 1 aliphatic heterocycles. The number of hydrogen-bond acceptors (Lipinski definition) is 6.